The van der Waals surface area contributed by atoms with E-state index in [1.54, 1.807) is 12.1 Å². The summed E-state index contributed by atoms with van der Waals surface area (Å²) in [5.74, 6) is 1.20. The van der Waals surface area contributed by atoms with E-state index in [9.17, 15) is 9.59 Å². The van der Waals surface area contributed by atoms with E-state index in [0.29, 0.717) is 17.9 Å². The maximum atomic E-state index is 11.7. The SMILES string of the molecule is CC(=O)Oc1ccc(OC(C)=O)c2cc3c(cc12)Cc1occ2c1[C@@]3(C)CCC2. The Morgan fingerprint density at radius 3 is 2.31 bits per heavy atom. The smallest absolute Gasteiger partial charge is 0.308 e. The first-order chi connectivity index (χ1) is 13.9. The Bertz CT molecular complexity index is 1190. The van der Waals surface area contributed by atoms with Crippen LogP contribution < -0.4 is 9.47 Å². The number of aryl methyl sites for hydroxylation is 1. The van der Waals surface area contributed by atoms with Crippen LogP contribution in [-0.2, 0) is 27.8 Å². The maximum Gasteiger partial charge on any atom is 0.308 e. The molecule has 0 saturated carbocycles. The molecule has 0 fully saturated rings. The summed E-state index contributed by atoms with van der Waals surface area (Å²) in [7, 11) is 0. The number of benzene rings is 2. The van der Waals surface area contributed by atoms with Gasteiger partial charge >= 0.3 is 11.9 Å². The third-order valence-electron chi connectivity index (χ3n) is 6.23. The number of ether oxygens (including phenoxy) is 2. The average molecular weight is 390 g/mol. The number of esters is 2. The van der Waals surface area contributed by atoms with E-state index in [1.807, 2.05) is 6.26 Å². The molecule has 2 aliphatic rings. The molecule has 1 aromatic heterocycles. The van der Waals surface area contributed by atoms with Gasteiger partial charge in [0.05, 0.1) is 6.26 Å². The van der Waals surface area contributed by atoms with Crippen molar-refractivity contribution in [1.29, 1.82) is 0 Å². The Kier molecular flexibility index (Phi) is 3.85. The van der Waals surface area contributed by atoms with Crippen LogP contribution in [0, 0.1) is 0 Å². The molecule has 0 amide bonds. The zero-order valence-electron chi connectivity index (χ0n) is 16.8. The topological polar surface area (TPSA) is 65.7 Å². The second kappa shape index (κ2) is 6.21. The van der Waals surface area contributed by atoms with Crippen molar-refractivity contribution in [2.75, 3.05) is 0 Å². The monoisotopic (exact) mass is 390 g/mol. The van der Waals surface area contributed by atoms with Crippen molar-refractivity contribution < 1.29 is 23.5 Å². The molecular weight excluding hydrogens is 368 g/mol. The Hall–Kier alpha value is -3.08. The molecule has 1 heterocycles. The first-order valence-electron chi connectivity index (χ1n) is 9.93. The predicted molar refractivity (Wildman–Crippen MR) is 107 cm³/mol. The van der Waals surface area contributed by atoms with Crippen LogP contribution in [0.5, 0.6) is 11.5 Å². The van der Waals surface area contributed by atoms with Crippen molar-refractivity contribution in [1.82, 2.24) is 0 Å². The van der Waals surface area contributed by atoms with Gasteiger partial charge in [0.25, 0.3) is 0 Å². The standard InChI is InChI=1S/C24H22O5/c1-13(25)28-20-6-7-21(29-14(2)26)18-11-19-16(9-17(18)20)10-22-23-15(12-27-22)5-4-8-24(19,23)3/h6-7,9,11-12H,4-5,8,10H2,1-3H3/t24-/m0/s1. The second-order valence-electron chi connectivity index (χ2n) is 8.23. The van der Waals surface area contributed by atoms with Crippen LogP contribution in [0.4, 0.5) is 0 Å². The molecule has 0 spiro atoms. The van der Waals surface area contributed by atoms with Gasteiger partial charge in [-0.2, -0.15) is 0 Å². The third kappa shape index (κ3) is 2.68. The average Bonchev–Trinajstić information content (AvgIpc) is 3.07. The van der Waals surface area contributed by atoms with E-state index in [2.05, 4.69) is 19.1 Å². The quantitative estimate of drug-likeness (QED) is 0.463. The second-order valence-corrected chi connectivity index (χ2v) is 8.23. The largest absolute Gasteiger partial charge is 0.468 e. The molecule has 2 aliphatic carbocycles. The highest BCUT2D eigenvalue weighted by Crippen LogP contribution is 2.51. The van der Waals surface area contributed by atoms with Crippen LogP contribution in [0.1, 0.15) is 61.6 Å². The lowest BCUT2D eigenvalue weighted by atomic mass is 9.63. The molecule has 1 atom stereocenters. The fraction of sp³-hybridized carbons (Fsp3) is 0.333. The minimum Gasteiger partial charge on any atom is -0.468 e. The number of furan rings is 1. The van der Waals surface area contributed by atoms with E-state index in [-0.39, 0.29) is 17.4 Å². The molecule has 0 radical (unpaired) electrons. The minimum absolute atomic E-state index is 0.136. The lowest BCUT2D eigenvalue weighted by Crippen LogP contribution is -2.33. The number of carbonyl (C=O) groups excluding carboxylic acids is 2. The lowest BCUT2D eigenvalue weighted by Gasteiger charge is -2.39. The van der Waals surface area contributed by atoms with Gasteiger partial charge in [-0.3, -0.25) is 9.59 Å². The fourth-order valence-corrected chi connectivity index (χ4v) is 5.15. The van der Waals surface area contributed by atoms with Crippen LogP contribution in [0.15, 0.2) is 34.9 Å². The number of rotatable bonds is 2. The molecule has 148 valence electrons. The van der Waals surface area contributed by atoms with Gasteiger partial charge in [-0.15, -0.1) is 0 Å². The predicted octanol–water partition coefficient (Wildman–Crippen LogP) is 4.83. The molecule has 0 saturated heterocycles. The molecule has 29 heavy (non-hydrogen) atoms. The molecule has 0 bridgehead atoms. The highest BCUT2D eigenvalue weighted by atomic mass is 16.5. The van der Waals surface area contributed by atoms with Crippen LogP contribution in [0.3, 0.4) is 0 Å². The van der Waals surface area contributed by atoms with E-state index < -0.39 is 0 Å². The summed E-state index contributed by atoms with van der Waals surface area (Å²) >= 11 is 0. The van der Waals surface area contributed by atoms with Gasteiger partial charge in [0.2, 0.25) is 0 Å². The summed E-state index contributed by atoms with van der Waals surface area (Å²) in [6.45, 7) is 5.04. The number of hydrogen-bond acceptors (Lipinski definition) is 5. The van der Waals surface area contributed by atoms with Crippen LogP contribution in [-0.4, -0.2) is 11.9 Å². The van der Waals surface area contributed by atoms with Gasteiger partial charge in [0.15, 0.2) is 0 Å². The molecule has 5 rings (SSSR count). The molecular formula is C24H22O5. The van der Waals surface area contributed by atoms with Gasteiger partial charge in [0, 0.05) is 42.0 Å². The van der Waals surface area contributed by atoms with Crippen molar-refractivity contribution in [2.24, 2.45) is 0 Å². The highest BCUT2D eigenvalue weighted by molar-refractivity contribution is 5.97. The Morgan fingerprint density at radius 2 is 1.66 bits per heavy atom. The Morgan fingerprint density at radius 1 is 1.00 bits per heavy atom. The molecule has 2 aromatic carbocycles. The van der Waals surface area contributed by atoms with Gasteiger partial charge in [-0.1, -0.05) is 6.92 Å². The first-order valence-corrected chi connectivity index (χ1v) is 9.93. The zero-order valence-corrected chi connectivity index (χ0v) is 16.8. The summed E-state index contributed by atoms with van der Waals surface area (Å²) in [4.78, 5) is 23.3. The fourth-order valence-electron chi connectivity index (χ4n) is 5.15. The van der Waals surface area contributed by atoms with E-state index in [4.69, 9.17) is 13.9 Å². The van der Waals surface area contributed by atoms with Crippen molar-refractivity contribution in [2.45, 2.75) is 51.9 Å². The van der Waals surface area contributed by atoms with Crippen LogP contribution in [0.25, 0.3) is 10.8 Å². The summed E-state index contributed by atoms with van der Waals surface area (Å²) in [6, 6.07) is 7.53. The molecule has 0 unspecified atom stereocenters. The molecule has 5 heteroatoms. The molecule has 0 N–H and O–H groups in total. The van der Waals surface area contributed by atoms with E-state index in [1.165, 1.54) is 30.5 Å². The molecule has 3 aromatic rings. The van der Waals surface area contributed by atoms with Gasteiger partial charge in [0.1, 0.15) is 17.3 Å². The van der Waals surface area contributed by atoms with Gasteiger partial charge < -0.3 is 13.9 Å². The highest BCUT2D eigenvalue weighted by Gasteiger charge is 2.42. The summed E-state index contributed by atoms with van der Waals surface area (Å²) in [5, 5.41) is 1.53. The Labute approximate surface area is 168 Å². The van der Waals surface area contributed by atoms with Crippen LogP contribution in [0.2, 0.25) is 0 Å². The van der Waals surface area contributed by atoms with Crippen LogP contribution >= 0.6 is 0 Å². The number of fused-ring (bicyclic) bond motifs is 3. The lowest BCUT2D eigenvalue weighted by molar-refractivity contribution is -0.132. The maximum absolute atomic E-state index is 11.7. The van der Waals surface area contributed by atoms with Crippen molar-refractivity contribution in [3.8, 4) is 11.5 Å². The zero-order chi connectivity index (χ0) is 20.3. The summed E-state index contributed by atoms with van der Waals surface area (Å²) in [6.07, 6.45) is 5.80. The molecule has 5 nitrogen and oxygen atoms in total. The summed E-state index contributed by atoms with van der Waals surface area (Å²) in [5.41, 5.74) is 4.87. The number of hydrogen-bond donors (Lipinski definition) is 0. The van der Waals surface area contributed by atoms with Crippen molar-refractivity contribution >= 4 is 22.7 Å². The van der Waals surface area contributed by atoms with Crippen molar-refractivity contribution in [3.63, 3.8) is 0 Å². The van der Waals surface area contributed by atoms with Gasteiger partial charge in [-0.25, -0.2) is 0 Å². The van der Waals surface area contributed by atoms with Crippen molar-refractivity contribution in [3.05, 3.63) is 58.5 Å². The third-order valence-corrected chi connectivity index (χ3v) is 6.23. The number of carbonyl (C=O) groups is 2. The first kappa shape index (κ1) is 18.0. The molecule has 0 aliphatic heterocycles. The Balaban J connectivity index is 1.79. The normalized spacial score (nSPS) is 19.4. The van der Waals surface area contributed by atoms with E-state index in [0.717, 1.165) is 41.4 Å². The van der Waals surface area contributed by atoms with E-state index >= 15 is 0 Å². The van der Waals surface area contributed by atoms with Gasteiger partial charge in [-0.05, 0) is 60.2 Å². The minimum atomic E-state index is -0.388. The summed E-state index contributed by atoms with van der Waals surface area (Å²) < 4.78 is 16.9.